The molecule has 1 aromatic heterocycles. The molecule has 0 bridgehead atoms. The van der Waals surface area contributed by atoms with Crippen LogP contribution in [0.1, 0.15) is 129 Å². The quantitative estimate of drug-likeness (QED) is 0.0118. The third kappa shape index (κ3) is 31.7. The number of nitrogens with zero attached hydrogens (tertiary/aromatic N) is 2. The van der Waals surface area contributed by atoms with Gasteiger partial charge >= 0.3 is 33.3 Å². The predicted octanol–water partition coefficient (Wildman–Crippen LogP) is 9.19. The van der Waals surface area contributed by atoms with Crippen LogP contribution < -0.4 is 11.4 Å². The summed E-state index contributed by atoms with van der Waals surface area (Å²) in [7, 11) is -11.0. The summed E-state index contributed by atoms with van der Waals surface area (Å²) in [6.07, 6.45) is 40.7. The molecule has 21 heteroatoms. The first-order valence-electron chi connectivity index (χ1n) is 25.0. The number of aliphatic hydroxyl groups excluding tert-OH is 3. The SMILES string of the molecule is CC/C=C\C/C=C\C/C=C\C/C=C\C/C=C\C=C/C(O)CCC(=O)OC[C@H](COP(=O)(O)OP(=O)(O)OC[C@H]1O[C@@H](n2ccc(N)nc2=O)[C@H](O)[C@@H]1O)OC(=O)CCCCCCC/C=C\C/C=C\C/C=C\CC. The lowest BCUT2D eigenvalue weighted by atomic mass is 10.1. The van der Waals surface area contributed by atoms with Crippen molar-refractivity contribution in [1.29, 1.82) is 0 Å². The number of ether oxygens (including phenoxy) is 3. The fourth-order valence-corrected chi connectivity index (χ4v) is 8.72. The number of allylic oxidation sites excluding steroid dienone is 17. The van der Waals surface area contributed by atoms with E-state index in [2.05, 4.69) is 102 Å². The molecule has 8 atom stereocenters. The van der Waals surface area contributed by atoms with Crippen molar-refractivity contribution < 1.29 is 71.4 Å². The van der Waals surface area contributed by atoms with Crippen molar-refractivity contribution in [3.05, 3.63) is 132 Å². The number of phosphoric acid groups is 2. The fraction of sp³-hybridized carbons (Fsp3) is 0.538. The Labute approximate surface area is 430 Å². The van der Waals surface area contributed by atoms with E-state index >= 15 is 0 Å². The van der Waals surface area contributed by atoms with Gasteiger partial charge in [-0.15, -0.1) is 0 Å². The molecule has 3 unspecified atom stereocenters. The average molecular weight is 1060 g/mol. The fourth-order valence-electron chi connectivity index (χ4n) is 6.61. The van der Waals surface area contributed by atoms with Gasteiger partial charge in [0.15, 0.2) is 12.3 Å². The predicted molar refractivity (Wildman–Crippen MR) is 280 cm³/mol. The molecule has 1 aliphatic heterocycles. The van der Waals surface area contributed by atoms with Crippen molar-refractivity contribution in [3.63, 3.8) is 0 Å². The van der Waals surface area contributed by atoms with Gasteiger partial charge in [0.1, 0.15) is 30.7 Å². The van der Waals surface area contributed by atoms with Gasteiger partial charge in [-0.2, -0.15) is 9.29 Å². The Hall–Kier alpha value is -4.62. The number of rotatable bonds is 39. The second-order valence-electron chi connectivity index (χ2n) is 16.7. The molecule has 0 aromatic carbocycles. The van der Waals surface area contributed by atoms with E-state index in [1.807, 2.05) is 12.2 Å². The van der Waals surface area contributed by atoms with Crippen molar-refractivity contribution >= 4 is 33.4 Å². The highest BCUT2D eigenvalue weighted by Gasteiger charge is 2.46. The summed E-state index contributed by atoms with van der Waals surface area (Å²) < 4.78 is 56.5. The molecule has 408 valence electrons. The Morgan fingerprint density at radius 3 is 1.88 bits per heavy atom. The maximum Gasteiger partial charge on any atom is 0.481 e. The standard InChI is InChI=1S/C52H79N3O16P2/c1-3-5-7-9-11-13-15-17-19-21-22-24-26-28-30-32-34-43(56)36-37-47(57)66-40-44(69-48(58)35-33-31-29-27-25-23-20-18-16-14-12-10-8-6-4-2)41-67-72(62,63)71-73(64,65)68-42-45-49(59)50(60)51(70-45)55-39-38-46(53)54-52(55)61/h5-8,11-14,17-20,22,24,28,30,32,34,38-39,43-45,49-51,56,59-60H,3-4,9-10,15-16,21,23,25-27,29,31,33,35-37,40-42H2,1-2H3,(H,62,63)(H,64,65)(H2,53,54,61)/b7-5-,8-6-,13-11-,14-12-,19-17-,20-18-,24-22-,30-28-,34-32-/t43?,44-,45-,49-,50-,51-/m1/s1. The Balaban J connectivity index is 1.88. The molecule has 2 heterocycles. The number of hydrogen-bond donors (Lipinski definition) is 6. The number of aromatic nitrogens is 2. The van der Waals surface area contributed by atoms with Crippen molar-refractivity contribution in [1.82, 2.24) is 9.55 Å². The monoisotopic (exact) mass is 1060 g/mol. The third-order valence-electron chi connectivity index (χ3n) is 10.5. The maximum absolute atomic E-state index is 12.9. The van der Waals surface area contributed by atoms with E-state index in [9.17, 15) is 48.6 Å². The van der Waals surface area contributed by atoms with Gasteiger partial charge < -0.3 is 45.1 Å². The van der Waals surface area contributed by atoms with Crippen LogP contribution in [-0.4, -0.2) is 96.9 Å². The van der Waals surface area contributed by atoms with Crippen LogP contribution in [0.4, 0.5) is 5.82 Å². The summed E-state index contributed by atoms with van der Waals surface area (Å²) in [6.45, 7) is 1.65. The molecule has 19 nitrogen and oxygen atoms in total. The topological polar surface area (TPSA) is 286 Å². The van der Waals surface area contributed by atoms with Crippen LogP contribution in [-0.2, 0) is 46.3 Å². The lowest BCUT2D eigenvalue weighted by molar-refractivity contribution is -0.161. The lowest BCUT2D eigenvalue weighted by Gasteiger charge is -2.21. The van der Waals surface area contributed by atoms with Gasteiger partial charge in [-0.05, 0) is 83.1 Å². The summed E-state index contributed by atoms with van der Waals surface area (Å²) >= 11 is 0. The van der Waals surface area contributed by atoms with Crippen molar-refractivity contribution in [2.45, 2.75) is 160 Å². The van der Waals surface area contributed by atoms with Gasteiger partial charge in [-0.25, -0.2) is 13.9 Å². The van der Waals surface area contributed by atoms with Crippen LogP contribution in [0.25, 0.3) is 0 Å². The van der Waals surface area contributed by atoms with Gasteiger partial charge in [-0.1, -0.05) is 142 Å². The molecule has 0 saturated carbocycles. The van der Waals surface area contributed by atoms with E-state index in [0.717, 1.165) is 87.8 Å². The van der Waals surface area contributed by atoms with Crippen molar-refractivity contribution in [2.24, 2.45) is 0 Å². The van der Waals surface area contributed by atoms with Gasteiger partial charge in [0.05, 0.1) is 19.3 Å². The van der Waals surface area contributed by atoms with E-state index in [4.69, 9.17) is 29.0 Å². The summed E-state index contributed by atoms with van der Waals surface area (Å²) in [6, 6.07) is 1.23. The smallest absolute Gasteiger partial charge is 0.462 e. The summed E-state index contributed by atoms with van der Waals surface area (Å²) in [5.41, 5.74) is 4.56. The Kier molecular flexibility index (Phi) is 34.4. The number of esters is 2. The van der Waals surface area contributed by atoms with Gasteiger partial charge in [-0.3, -0.25) is 23.2 Å². The molecule has 2 rings (SSSR count). The zero-order chi connectivity index (χ0) is 53.6. The number of hydrogen-bond acceptors (Lipinski definition) is 16. The lowest BCUT2D eigenvalue weighted by Crippen LogP contribution is -2.36. The largest absolute Gasteiger partial charge is 0.481 e. The van der Waals surface area contributed by atoms with Crippen molar-refractivity contribution in [2.75, 3.05) is 25.6 Å². The zero-order valence-corrected chi connectivity index (χ0v) is 44.0. The molecule has 0 amide bonds. The van der Waals surface area contributed by atoms with Gasteiger partial charge in [0.2, 0.25) is 0 Å². The molecule has 1 fully saturated rings. The molecule has 0 radical (unpaired) electrons. The maximum atomic E-state index is 12.9. The Bertz CT molecular complexity index is 2170. The number of carbonyl (C=O) groups is 2. The molecule has 1 saturated heterocycles. The first kappa shape index (κ1) is 64.5. The third-order valence-corrected chi connectivity index (χ3v) is 13.1. The molecule has 0 aliphatic carbocycles. The minimum atomic E-state index is -5.49. The molecule has 7 N–H and O–H groups in total. The second-order valence-corrected chi connectivity index (χ2v) is 19.8. The highest BCUT2D eigenvalue weighted by atomic mass is 31.3. The van der Waals surface area contributed by atoms with E-state index < -0.39 is 89.8 Å². The molecule has 1 aliphatic rings. The number of aliphatic hydroxyl groups is 3. The number of anilines is 1. The normalized spacial score (nSPS) is 20.3. The minimum absolute atomic E-state index is 0.00304. The minimum Gasteiger partial charge on any atom is -0.462 e. The van der Waals surface area contributed by atoms with E-state index in [1.165, 1.54) is 12.1 Å². The zero-order valence-electron chi connectivity index (χ0n) is 42.2. The summed E-state index contributed by atoms with van der Waals surface area (Å²) in [4.78, 5) is 61.9. The molecular weight excluding hydrogens is 985 g/mol. The van der Waals surface area contributed by atoms with Gasteiger partial charge in [0.25, 0.3) is 0 Å². The van der Waals surface area contributed by atoms with Crippen molar-refractivity contribution in [3.8, 4) is 0 Å². The van der Waals surface area contributed by atoms with E-state index in [-0.39, 0.29) is 25.1 Å². The highest BCUT2D eigenvalue weighted by molar-refractivity contribution is 7.61. The van der Waals surface area contributed by atoms with Crippen LogP contribution >= 0.6 is 15.6 Å². The van der Waals surface area contributed by atoms with E-state index in [1.54, 1.807) is 12.2 Å². The average Bonchev–Trinajstić information content (AvgIpc) is 3.63. The van der Waals surface area contributed by atoms with Gasteiger partial charge in [0, 0.05) is 19.0 Å². The van der Waals surface area contributed by atoms with Crippen LogP contribution in [0.5, 0.6) is 0 Å². The molecule has 73 heavy (non-hydrogen) atoms. The van der Waals surface area contributed by atoms with Crippen LogP contribution in [0, 0.1) is 0 Å². The first-order chi connectivity index (χ1) is 35.1. The number of carbonyl (C=O) groups excluding carboxylic acids is 2. The number of unbranched alkanes of at least 4 members (excludes halogenated alkanes) is 5. The highest BCUT2D eigenvalue weighted by Crippen LogP contribution is 2.60. The molecular formula is C52H79N3O16P2. The number of nitrogens with two attached hydrogens (primary N) is 1. The van der Waals surface area contributed by atoms with E-state index in [0.29, 0.717) is 12.8 Å². The number of nitrogen functional groups attached to an aromatic ring is 1. The summed E-state index contributed by atoms with van der Waals surface area (Å²) in [5.74, 6) is -1.63. The Morgan fingerprint density at radius 2 is 1.27 bits per heavy atom. The molecule has 0 spiro atoms. The van der Waals surface area contributed by atoms with Crippen LogP contribution in [0.15, 0.2) is 126 Å². The number of phosphoric ester groups is 2. The van der Waals surface area contributed by atoms with Crippen LogP contribution in [0.2, 0.25) is 0 Å². The second kappa shape index (κ2) is 38.9. The van der Waals surface area contributed by atoms with Crippen LogP contribution in [0.3, 0.4) is 0 Å². The molecule has 1 aromatic rings. The Morgan fingerprint density at radius 1 is 0.726 bits per heavy atom. The summed E-state index contributed by atoms with van der Waals surface area (Å²) in [5, 5.41) is 31.3. The first-order valence-corrected chi connectivity index (χ1v) is 28.0.